The maximum absolute atomic E-state index is 12.9. The summed E-state index contributed by atoms with van der Waals surface area (Å²) in [5.41, 5.74) is 5.34. The summed E-state index contributed by atoms with van der Waals surface area (Å²) in [6.45, 7) is 2.26. The van der Waals surface area contributed by atoms with E-state index in [1.165, 1.54) is 4.68 Å². The van der Waals surface area contributed by atoms with Crippen LogP contribution >= 0.6 is 0 Å². The number of carbonyl (C=O) groups excluding carboxylic acids is 1. The second-order valence-electron chi connectivity index (χ2n) is 6.96. The summed E-state index contributed by atoms with van der Waals surface area (Å²) in [4.78, 5) is 25.7. The first-order valence-electron chi connectivity index (χ1n) is 9.56. The number of hydrogen-bond donors (Lipinski definition) is 1. The molecule has 0 aliphatic carbocycles. The highest BCUT2D eigenvalue weighted by molar-refractivity contribution is 6.04. The lowest BCUT2D eigenvalue weighted by Gasteiger charge is -2.10. The smallest absolute Gasteiger partial charge is 0.267 e. The molecule has 6 heteroatoms. The molecule has 0 bridgehead atoms. The molecule has 1 aromatic heterocycles. The van der Waals surface area contributed by atoms with Crippen LogP contribution in [-0.2, 0) is 6.54 Å². The number of benzene rings is 3. The number of rotatable bonds is 5. The summed E-state index contributed by atoms with van der Waals surface area (Å²) in [5, 5.41) is 9.34. The van der Waals surface area contributed by atoms with Crippen molar-refractivity contribution >= 4 is 22.9 Å². The minimum atomic E-state index is -0.475. The molecule has 0 aliphatic heterocycles. The van der Waals surface area contributed by atoms with Crippen molar-refractivity contribution < 1.29 is 4.79 Å². The first-order chi connectivity index (χ1) is 14.6. The van der Waals surface area contributed by atoms with Crippen LogP contribution in [-0.4, -0.2) is 21.9 Å². The van der Waals surface area contributed by atoms with Gasteiger partial charge in [-0.25, -0.2) is 10.1 Å². The van der Waals surface area contributed by atoms with Crippen molar-refractivity contribution in [3.8, 4) is 0 Å². The van der Waals surface area contributed by atoms with Crippen LogP contribution in [0.2, 0.25) is 0 Å². The molecule has 0 fully saturated rings. The summed E-state index contributed by atoms with van der Waals surface area (Å²) >= 11 is 0. The van der Waals surface area contributed by atoms with Gasteiger partial charge in [0, 0.05) is 5.39 Å². The van der Waals surface area contributed by atoms with E-state index in [1.54, 1.807) is 30.5 Å². The van der Waals surface area contributed by atoms with Gasteiger partial charge in [-0.2, -0.15) is 10.2 Å². The van der Waals surface area contributed by atoms with Crippen LogP contribution in [0.15, 0.2) is 88.8 Å². The molecular formula is C24H20N4O2. The molecule has 0 radical (unpaired) electrons. The quantitative estimate of drug-likeness (QED) is 0.414. The minimum absolute atomic E-state index is 0.155. The van der Waals surface area contributed by atoms with E-state index >= 15 is 0 Å². The van der Waals surface area contributed by atoms with Gasteiger partial charge in [0.05, 0.1) is 18.1 Å². The number of nitrogens with one attached hydrogen (secondary N) is 1. The van der Waals surface area contributed by atoms with Crippen LogP contribution < -0.4 is 11.0 Å². The maximum atomic E-state index is 12.9. The fourth-order valence-corrected chi connectivity index (χ4v) is 3.24. The number of nitrogens with zero attached hydrogens (tertiary/aromatic N) is 3. The van der Waals surface area contributed by atoms with Gasteiger partial charge in [-0.05, 0) is 24.1 Å². The Morgan fingerprint density at radius 1 is 1.00 bits per heavy atom. The third-order valence-corrected chi connectivity index (χ3v) is 4.68. The first kappa shape index (κ1) is 19.3. The molecule has 1 amide bonds. The Morgan fingerprint density at radius 2 is 1.73 bits per heavy atom. The average Bonchev–Trinajstić information content (AvgIpc) is 2.76. The molecule has 3 aromatic carbocycles. The zero-order chi connectivity index (χ0) is 20.9. The predicted octanol–water partition coefficient (Wildman–Crippen LogP) is 3.52. The van der Waals surface area contributed by atoms with E-state index in [2.05, 4.69) is 15.6 Å². The van der Waals surface area contributed by atoms with Crippen molar-refractivity contribution in [2.45, 2.75) is 13.5 Å². The molecule has 0 unspecified atom stereocenters. The number of amides is 1. The number of fused-ring (bicyclic) bond motifs is 1. The molecule has 6 nitrogen and oxygen atoms in total. The van der Waals surface area contributed by atoms with E-state index in [0.29, 0.717) is 10.8 Å². The molecule has 1 heterocycles. The summed E-state index contributed by atoms with van der Waals surface area (Å²) in [5.74, 6) is -0.475. The largest absolute Gasteiger partial charge is 0.292 e. The van der Waals surface area contributed by atoms with E-state index in [4.69, 9.17) is 0 Å². The lowest BCUT2D eigenvalue weighted by molar-refractivity contribution is 0.0949. The highest BCUT2D eigenvalue weighted by Crippen LogP contribution is 2.14. The van der Waals surface area contributed by atoms with E-state index in [-0.39, 0.29) is 17.8 Å². The average molecular weight is 396 g/mol. The predicted molar refractivity (Wildman–Crippen MR) is 118 cm³/mol. The van der Waals surface area contributed by atoms with Crippen molar-refractivity contribution in [3.05, 3.63) is 112 Å². The number of aromatic nitrogens is 2. The number of carbonyl (C=O) groups is 1. The number of aryl methyl sites for hydroxylation is 1. The van der Waals surface area contributed by atoms with Gasteiger partial charge < -0.3 is 0 Å². The van der Waals surface area contributed by atoms with Gasteiger partial charge in [0.1, 0.15) is 0 Å². The molecule has 0 saturated heterocycles. The zero-order valence-corrected chi connectivity index (χ0v) is 16.4. The molecule has 0 saturated carbocycles. The summed E-state index contributed by atoms with van der Waals surface area (Å²) in [7, 11) is 0. The topological polar surface area (TPSA) is 76.3 Å². The fourth-order valence-electron chi connectivity index (χ4n) is 3.24. The van der Waals surface area contributed by atoms with Gasteiger partial charge in [-0.3, -0.25) is 9.59 Å². The fraction of sp³-hybridized carbons (Fsp3) is 0.0833. The monoisotopic (exact) mass is 396 g/mol. The second kappa shape index (κ2) is 8.53. The lowest BCUT2D eigenvalue weighted by Crippen LogP contribution is -2.29. The van der Waals surface area contributed by atoms with Crippen molar-refractivity contribution in [2.24, 2.45) is 5.10 Å². The van der Waals surface area contributed by atoms with Crippen molar-refractivity contribution in [2.75, 3.05) is 0 Å². The molecule has 0 atom stereocenters. The molecule has 4 aromatic rings. The number of hydrogen-bond acceptors (Lipinski definition) is 4. The Bertz CT molecular complexity index is 1290. The van der Waals surface area contributed by atoms with E-state index in [1.807, 2.05) is 61.5 Å². The summed E-state index contributed by atoms with van der Waals surface area (Å²) in [6.07, 6.45) is 1.58. The van der Waals surface area contributed by atoms with Gasteiger partial charge in [0.25, 0.3) is 11.5 Å². The van der Waals surface area contributed by atoms with E-state index < -0.39 is 5.91 Å². The minimum Gasteiger partial charge on any atom is -0.267 e. The van der Waals surface area contributed by atoms with Gasteiger partial charge in [0.2, 0.25) is 0 Å². The molecule has 0 spiro atoms. The van der Waals surface area contributed by atoms with Crippen LogP contribution in [0.25, 0.3) is 10.8 Å². The third-order valence-electron chi connectivity index (χ3n) is 4.68. The summed E-state index contributed by atoms with van der Waals surface area (Å²) in [6, 6.07) is 24.3. The standard InChI is InChI=1S/C24H20N4O2/c1-17-8-7-11-19(14-17)15-25-26-23(29)22-20-12-5-6-13-21(20)24(30)28(27-22)16-18-9-3-2-4-10-18/h2-15H,16H2,1H3,(H,26,29)/b25-15+. The molecule has 0 aliphatic rings. The van der Waals surface area contributed by atoms with E-state index in [9.17, 15) is 9.59 Å². The molecular weight excluding hydrogens is 376 g/mol. The molecule has 4 rings (SSSR count). The molecule has 30 heavy (non-hydrogen) atoms. The normalized spacial score (nSPS) is 11.1. The van der Waals surface area contributed by atoms with Crippen LogP contribution in [0.5, 0.6) is 0 Å². The number of hydrazone groups is 1. The molecule has 148 valence electrons. The Hall–Kier alpha value is -4.06. The van der Waals surface area contributed by atoms with Crippen LogP contribution in [0.4, 0.5) is 0 Å². The zero-order valence-electron chi connectivity index (χ0n) is 16.4. The first-order valence-corrected chi connectivity index (χ1v) is 9.56. The Balaban J connectivity index is 1.67. The van der Waals surface area contributed by atoms with Crippen molar-refractivity contribution in [3.63, 3.8) is 0 Å². The lowest BCUT2D eigenvalue weighted by atomic mass is 10.1. The SMILES string of the molecule is Cc1cccc(/C=N/NC(=O)c2nn(Cc3ccccc3)c(=O)c3ccccc23)c1. The Morgan fingerprint density at radius 3 is 2.50 bits per heavy atom. The Labute approximate surface area is 173 Å². The summed E-state index contributed by atoms with van der Waals surface area (Å²) < 4.78 is 1.32. The van der Waals surface area contributed by atoms with Crippen LogP contribution in [0, 0.1) is 6.92 Å². The molecule has 1 N–H and O–H groups in total. The highest BCUT2D eigenvalue weighted by atomic mass is 16.2. The third kappa shape index (κ3) is 4.17. The van der Waals surface area contributed by atoms with Crippen LogP contribution in [0.3, 0.4) is 0 Å². The van der Waals surface area contributed by atoms with Crippen molar-refractivity contribution in [1.29, 1.82) is 0 Å². The maximum Gasteiger partial charge on any atom is 0.292 e. The van der Waals surface area contributed by atoms with Gasteiger partial charge >= 0.3 is 0 Å². The van der Waals surface area contributed by atoms with Gasteiger partial charge in [-0.15, -0.1) is 0 Å². The Kier molecular flexibility index (Phi) is 5.48. The van der Waals surface area contributed by atoms with Gasteiger partial charge in [0.15, 0.2) is 5.69 Å². The van der Waals surface area contributed by atoms with Crippen LogP contribution in [0.1, 0.15) is 27.2 Å². The van der Waals surface area contributed by atoms with E-state index in [0.717, 1.165) is 16.7 Å². The highest BCUT2D eigenvalue weighted by Gasteiger charge is 2.16. The second-order valence-corrected chi connectivity index (χ2v) is 6.96. The van der Waals surface area contributed by atoms with Gasteiger partial charge in [-0.1, -0.05) is 78.4 Å². The van der Waals surface area contributed by atoms with Crippen molar-refractivity contribution in [1.82, 2.24) is 15.2 Å².